The Morgan fingerprint density at radius 2 is 1.89 bits per heavy atom. The zero-order valence-electron chi connectivity index (χ0n) is 11.7. The second kappa shape index (κ2) is 5.93. The summed E-state index contributed by atoms with van der Waals surface area (Å²) in [5.74, 6) is 0.720. The fraction of sp³-hybridized carbons (Fsp3) is 0.500. The van der Waals surface area contributed by atoms with Crippen molar-refractivity contribution in [3.63, 3.8) is 0 Å². The molecule has 0 spiro atoms. The average Bonchev–Trinajstić information content (AvgIpc) is 2.64. The predicted molar refractivity (Wildman–Crippen MR) is 74.8 cm³/mol. The largest absolute Gasteiger partial charge is 0.489 e. The molecular formula is C14H20N2O3. The maximum absolute atomic E-state index is 11.9. The van der Waals surface area contributed by atoms with E-state index in [1.165, 1.54) is 0 Å². The summed E-state index contributed by atoms with van der Waals surface area (Å²) < 4.78 is 14.3. The molecule has 1 heterocycles. The molecule has 0 atom stereocenters. The van der Waals surface area contributed by atoms with E-state index in [-0.39, 0.29) is 5.69 Å². The van der Waals surface area contributed by atoms with Gasteiger partial charge in [-0.05, 0) is 18.6 Å². The average molecular weight is 264 g/mol. The number of fused-ring (bicyclic) bond motifs is 1. The summed E-state index contributed by atoms with van der Waals surface area (Å²) in [6, 6.07) is 5.68. The fourth-order valence-corrected chi connectivity index (χ4v) is 2.12. The minimum absolute atomic E-state index is 0.0479. The summed E-state index contributed by atoms with van der Waals surface area (Å²) in [4.78, 5) is 11.9. The number of aryl methyl sites for hydroxylation is 2. The Kier molecular flexibility index (Phi) is 4.27. The van der Waals surface area contributed by atoms with E-state index in [1.54, 1.807) is 23.2 Å². The third kappa shape index (κ3) is 2.66. The van der Waals surface area contributed by atoms with Crippen LogP contribution in [0.1, 0.15) is 13.3 Å². The summed E-state index contributed by atoms with van der Waals surface area (Å²) in [6.07, 6.45) is 1.00. The standard InChI is InChI=1S/C14H20N2O3/c1-4-8-18-9-10-19-12-7-5-6-11-13(12)16(3)14(17)15(11)2/h5-7H,4,8-10H2,1-3H3. The maximum Gasteiger partial charge on any atom is 0.328 e. The van der Waals surface area contributed by atoms with Crippen LogP contribution in [-0.2, 0) is 18.8 Å². The molecule has 0 saturated carbocycles. The topological polar surface area (TPSA) is 45.4 Å². The second-order valence-electron chi connectivity index (χ2n) is 4.49. The molecule has 5 heteroatoms. The Morgan fingerprint density at radius 3 is 2.63 bits per heavy atom. The number of imidazole rings is 1. The molecule has 0 aliphatic rings. The van der Waals surface area contributed by atoms with Gasteiger partial charge < -0.3 is 9.47 Å². The van der Waals surface area contributed by atoms with Crippen LogP contribution in [0.25, 0.3) is 11.0 Å². The molecule has 0 radical (unpaired) electrons. The minimum Gasteiger partial charge on any atom is -0.489 e. The molecule has 2 rings (SSSR count). The molecular weight excluding hydrogens is 244 g/mol. The molecule has 19 heavy (non-hydrogen) atoms. The molecule has 0 fully saturated rings. The van der Waals surface area contributed by atoms with Crippen LogP contribution in [-0.4, -0.2) is 29.0 Å². The lowest BCUT2D eigenvalue weighted by Crippen LogP contribution is -2.19. The highest BCUT2D eigenvalue weighted by Crippen LogP contribution is 2.23. The number of hydrogen-bond acceptors (Lipinski definition) is 3. The van der Waals surface area contributed by atoms with Crippen molar-refractivity contribution in [2.24, 2.45) is 14.1 Å². The monoisotopic (exact) mass is 264 g/mol. The summed E-state index contributed by atoms with van der Waals surface area (Å²) in [5, 5.41) is 0. The van der Waals surface area contributed by atoms with Crippen molar-refractivity contribution < 1.29 is 9.47 Å². The van der Waals surface area contributed by atoms with Crippen LogP contribution in [0.4, 0.5) is 0 Å². The van der Waals surface area contributed by atoms with Gasteiger partial charge in [-0.15, -0.1) is 0 Å². The first-order valence-electron chi connectivity index (χ1n) is 6.51. The fourth-order valence-electron chi connectivity index (χ4n) is 2.12. The van der Waals surface area contributed by atoms with Gasteiger partial charge in [-0.25, -0.2) is 4.79 Å². The molecule has 1 aromatic carbocycles. The number of nitrogens with zero attached hydrogens (tertiary/aromatic N) is 2. The highest BCUT2D eigenvalue weighted by atomic mass is 16.5. The lowest BCUT2D eigenvalue weighted by atomic mass is 10.3. The SMILES string of the molecule is CCCOCCOc1cccc2c1n(C)c(=O)n2C. The molecule has 0 aliphatic carbocycles. The van der Waals surface area contributed by atoms with E-state index < -0.39 is 0 Å². The highest BCUT2D eigenvalue weighted by Gasteiger charge is 2.12. The Hall–Kier alpha value is -1.75. The summed E-state index contributed by atoms with van der Waals surface area (Å²) in [7, 11) is 3.52. The molecule has 5 nitrogen and oxygen atoms in total. The lowest BCUT2D eigenvalue weighted by molar-refractivity contribution is 0.101. The Bertz CT molecular complexity index is 613. The number of ether oxygens (including phenoxy) is 2. The van der Waals surface area contributed by atoms with E-state index in [9.17, 15) is 4.79 Å². The molecule has 2 aromatic rings. The molecule has 0 saturated heterocycles. The zero-order valence-corrected chi connectivity index (χ0v) is 11.7. The van der Waals surface area contributed by atoms with E-state index in [4.69, 9.17) is 9.47 Å². The minimum atomic E-state index is -0.0479. The van der Waals surface area contributed by atoms with Crippen LogP contribution >= 0.6 is 0 Å². The van der Waals surface area contributed by atoms with Crippen molar-refractivity contribution in [2.75, 3.05) is 19.8 Å². The van der Waals surface area contributed by atoms with Gasteiger partial charge in [-0.2, -0.15) is 0 Å². The smallest absolute Gasteiger partial charge is 0.328 e. The quantitative estimate of drug-likeness (QED) is 0.746. The van der Waals surface area contributed by atoms with Crippen molar-refractivity contribution in [1.82, 2.24) is 9.13 Å². The molecule has 1 aromatic heterocycles. The Balaban J connectivity index is 2.20. The molecule has 0 unspecified atom stereocenters. The summed E-state index contributed by atoms with van der Waals surface area (Å²) >= 11 is 0. The van der Waals surface area contributed by atoms with Gasteiger partial charge in [0.05, 0.1) is 12.1 Å². The van der Waals surface area contributed by atoms with Gasteiger partial charge in [-0.3, -0.25) is 9.13 Å². The van der Waals surface area contributed by atoms with Crippen molar-refractivity contribution in [3.8, 4) is 5.75 Å². The van der Waals surface area contributed by atoms with E-state index >= 15 is 0 Å². The Morgan fingerprint density at radius 1 is 1.11 bits per heavy atom. The second-order valence-corrected chi connectivity index (χ2v) is 4.49. The van der Waals surface area contributed by atoms with Gasteiger partial charge >= 0.3 is 5.69 Å². The van der Waals surface area contributed by atoms with Gasteiger partial charge in [0.2, 0.25) is 0 Å². The zero-order chi connectivity index (χ0) is 13.8. The first-order valence-corrected chi connectivity index (χ1v) is 6.51. The van der Waals surface area contributed by atoms with E-state index in [0.717, 1.165) is 29.8 Å². The van der Waals surface area contributed by atoms with Crippen LogP contribution in [0, 0.1) is 0 Å². The van der Waals surface area contributed by atoms with E-state index in [2.05, 4.69) is 6.92 Å². The number of aromatic nitrogens is 2. The third-order valence-electron chi connectivity index (χ3n) is 3.08. The number of hydrogen-bond donors (Lipinski definition) is 0. The van der Waals surface area contributed by atoms with Gasteiger partial charge in [0.1, 0.15) is 17.9 Å². The van der Waals surface area contributed by atoms with Crippen molar-refractivity contribution in [3.05, 3.63) is 28.7 Å². The van der Waals surface area contributed by atoms with Crippen LogP contribution in [0.5, 0.6) is 5.75 Å². The van der Waals surface area contributed by atoms with Crippen LogP contribution in [0.2, 0.25) is 0 Å². The normalized spacial score (nSPS) is 11.1. The number of benzene rings is 1. The number of rotatable bonds is 6. The maximum atomic E-state index is 11.9. The van der Waals surface area contributed by atoms with Crippen LogP contribution in [0.3, 0.4) is 0 Å². The number of para-hydroxylation sites is 1. The van der Waals surface area contributed by atoms with E-state index in [1.807, 2.05) is 18.2 Å². The van der Waals surface area contributed by atoms with Crippen molar-refractivity contribution >= 4 is 11.0 Å². The summed E-state index contributed by atoms with van der Waals surface area (Å²) in [6.45, 7) is 3.87. The molecule has 0 bridgehead atoms. The van der Waals surface area contributed by atoms with Gasteiger partial charge in [0.25, 0.3) is 0 Å². The Labute approximate surface area is 112 Å². The van der Waals surface area contributed by atoms with Gasteiger partial charge in [0, 0.05) is 20.7 Å². The van der Waals surface area contributed by atoms with E-state index in [0.29, 0.717) is 13.2 Å². The molecule has 0 aliphatic heterocycles. The van der Waals surface area contributed by atoms with Crippen molar-refractivity contribution in [2.45, 2.75) is 13.3 Å². The molecule has 104 valence electrons. The first-order chi connectivity index (χ1) is 9.16. The third-order valence-corrected chi connectivity index (χ3v) is 3.08. The molecule has 0 amide bonds. The first kappa shape index (κ1) is 13.7. The lowest BCUT2D eigenvalue weighted by Gasteiger charge is -2.08. The van der Waals surface area contributed by atoms with Crippen molar-refractivity contribution in [1.29, 1.82) is 0 Å². The molecule has 0 N–H and O–H groups in total. The van der Waals surface area contributed by atoms with Gasteiger partial charge in [0.15, 0.2) is 0 Å². The predicted octanol–water partition coefficient (Wildman–Crippen LogP) is 1.68. The summed E-state index contributed by atoms with van der Waals surface area (Å²) in [5.41, 5.74) is 1.65. The van der Waals surface area contributed by atoms with Crippen LogP contribution in [0.15, 0.2) is 23.0 Å². The van der Waals surface area contributed by atoms with Crippen LogP contribution < -0.4 is 10.4 Å². The van der Waals surface area contributed by atoms with Gasteiger partial charge in [-0.1, -0.05) is 13.0 Å². The highest BCUT2D eigenvalue weighted by molar-refractivity contribution is 5.82.